The van der Waals surface area contributed by atoms with E-state index in [1.807, 2.05) is 18.2 Å². The Bertz CT molecular complexity index is 521. The predicted molar refractivity (Wildman–Crippen MR) is 84.5 cm³/mol. The highest BCUT2D eigenvalue weighted by molar-refractivity contribution is 9.09. The van der Waals surface area contributed by atoms with Gasteiger partial charge in [-0.1, -0.05) is 34.8 Å². The van der Waals surface area contributed by atoms with Crippen LogP contribution in [-0.2, 0) is 16.4 Å². The third-order valence-electron chi connectivity index (χ3n) is 3.90. The summed E-state index contributed by atoms with van der Waals surface area (Å²) < 4.78 is 26.4. The van der Waals surface area contributed by atoms with Gasteiger partial charge in [-0.25, -0.2) is 12.7 Å². The van der Waals surface area contributed by atoms with E-state index in [1.54, 1.807) is 17.5 Å². The summed E-state index contributed by atoms with van der Waals surface area (Å²) in [6.07, 6.45) is 6.43. The molecule has 0 N–H and O–H groups in total. The predicted octanol–water partition coefficient (Wildman–Crippen LogP) is 2.59. The van der Waals surface area contributed by atoms with E-state index in [1.165, 1.54) is 6.42 Å². The zero-order chi connectivity index (χ0) is 14.6. The first kappa shape index (κ1) is 15.9. The number of hydrogen-bond donors (Lipinski definition) is 0. The fourth-order valence-corrected chi connectivity index (χ4v) is 5.12. The van der Waals surface area contributed by atoms with Crippen molar-refractivity contribution in [1.29, 1.82) is 0 Å². The average molecular weight is 361 g/mol. The molecule has 0 amide bonds. The lowest BCUT2D eigenvalue weighted by Crippen LogP contribution is -2.45. The van der Waals surface area contributed by atoms with Crippen LogP contribution in [0, 0.1) is 0 Å². The summed E-state index contributed by atoms with van der Waals surface area (Å²) in [6.45, 7) is 0. The van der Waals surface area contributed by atoms with E-state index in [0.717, 1.165) is 25.0 Å². The van der Waals surface area contributed by atoms with Gasteiger partial charge < -0.3 is 0 Å². The molecular formula is C14H21BrN2O2S. The quantitative estimate of drug-likeness (QED) is 0.758. The topological polar surface area (TPSA) is 50.3 Å². The van der Waals surface area contributed by atoms with Crippen LogP contribution in [0.3, 0.4) is 0 Å². The highest BCUT2D eigenvalue weighted by Gasteiger charge is 2.32. The lowest BCUT2D eigenvalue weighted by molar-refractivity contribution is 0.297. The largest absolute Gasteiger partial charge is 0.261 e. The summed E-state index contributed by atoms with van der Waals surface area (Å²) >= 11 is 3.63. The van der Waals surface area contributed by atoms with Gasteiger partial charge in [0.1, 0.15) is 0 Å². The van der Waals surface area contributed by atoms with Crippen molar-refractivity contribution in [1.82, 2.24) is 9.29 Å². The van der Waals surface area contributed by atoms with Crippen molar-refractivity contribution in [2.75, 3.05) is 12.8 Å². The highest BCUT2D eigenvalue weighted by Crippen LogP contribution is 2.29. The molecule has 1 aliphatic rings. The molecule has 0 aliphatic heterocycles. The standard InChI is InChI=1S/C14H21BrN2O2S/c1-17(14-8-3-2-7-13(14)15)20(18,19)11-9-12-6-4-5-10-16-12/h4-6,10,13-14H,2-3,7-9,11H2,1H3. The van der Waals surface area contributed by atoms with E-state index >= 15 is 0 Å². The highest BCUT2D eigenvalue weighted by atomic mass is 79.9. The zero-order valence-electron chi connectivity index (χ0n) is 11.7. The van der Waals surface area contributed by atoms with Crippen LogP contribution >= 0.6 is 15.9 Å². The van der Waals surface area contributed by atoms with Crippen LogP contribution in [-0.4, -0.2) is 41.4 Å². The second kappa shape index (κ2) is 7.00. The summed E-state index contributed by atoms with van der Waals surface area (Å²) in [4.78, 5) is 4.45. The lowest BCUT2D eigenvalue weighted by Gasteiger charge is -2.34. The Kier molecular flexibility index (Phi) is 5.57. The van der Waals surface area contributed by atoms with Crippen LogP contribution in [0.15, 0.2) is 24.4 Å². The molecule has 1 aromatic heterocycles. The minimum absolute atomic E-state index is 0.0810. The molecule has 1 fully saturated rings. The van der Waals surface area contributed by atoms with Gasteiger partial charge in [-0.3, -0.25) is 4.98 Å². The monoisotopic (exact) mass is 360 g/mol. The molecule has 6 heteroatoms. The van der Waals surface area contributed by atoms with Gasteiger partial charge in [0.05, 0.1) is 5.75 Å². The van der Waals surface area contributed by atoms with Crippen molar-refractivity contribution in [2.45, 2.75) is 43.0 Å². The number of hydrogen-bond acceptors (Lipinski definition) is 3. The van der Waals surface area contributed by atoms with E-state index in [4.69, 9.17) is 0 Å². The first-order chi connectivity index (χ1) is 9.50. The van der Waals surface area contributed by atoms with Crippen molar-refractivity contribution in [3.05, 3.63) is 30.1 Å². The molecule has 2 atom stereocenters. The van der Waals surface area contributed by atoms with Crippen LogP contribution < -0.4 is 0 Å². The van der Waals surface area contributed by atoms with Crippen molar-refractivity contribution in [3.8, 4) is 0 Å². The normalized spacial score (nSPS) is 23.9. The fraction of sp³-hybridized carbons (Fsp3) is 0.643. The van der Waals surface area contributed by atoms with Crippen LogP contribution in [0.5, 0.6) is 0 Å². The Balaban J connectivity index is 1.98. The van der Waals surface area contributed by atoms with Crippen molar-refractivity contribution in [3.63, 3.8) is 0 Å². The number of pyridine rings is 1. The molecule has 2 rings (SSSR count). The summed E-state index contributed by atoms with van der Waals surface area (Å²) in [5.41, 5.74) is 0.823. The van der Waals surface area contributed by atoms with Gasteiger partial charge in [0.2, 0.25) is 10.0 Å². The first-order valence-corrected chi connectivity index (χ1v) is 9.53. The number of sulfonamides is 1. The van der Waals surface area contributed by atoms with Gasteiger partial charge in [0.25, 0.3) is 0 Å². The van der Waals surface area contributed by atoms with E-state index in [0.29, 0.717) is 6.42 Å². The Hall–Kier alpha value is -0.460. The van der Waals surface area contributed by atoms with Gasteiger partial charge in [0.15, 0.2) is 0 Å². The third kappa shape index (κ3) is 4.02. The first-order valence-electron chi connectivity index (χ1n) is 7.00. The molecule has 0 aromatic carbocycles. The van der Waals surface area contributed by atoms with Crippen LogP contribution in [0.2, 0.25) is 0 Å². The maximum absolute atomic E-state index is 12.4. The minimum Gasteiger partial charge on any atom is -0.261 e. The number of aryl methyl sites for hydroxylation is 1. The minimum atomic E-state index is -3.23. The fourth-order valence-electron chi connectivity index (χ4n) is 2.61. The molecule has 2 unspecified atom stereocenters. The van der Waals surface area contributed by atoms with Crippen molar-refractivity contribution >= 4 is 26.0 Å². The molecule has 112 valence electrons. The van der Waals surface area contributed by atoms with E-state index in [-0.39, 0.29) is 16.6 Å². The summed E-state index contributed by atoms with van der Waals surface area (Å²) in [5, 5.41) is 0. The molecular weight excluding hydrogens is 340 g/mol. The van der Waals surface area contributed by atoms with Gasteiger partial charge in [-0.05, 0) is 25.0 Å². The lowest BCUT2D eigenvalue weighted by atomic mass is 9.96. The van der Waals surface area contributed by atoms with Crippen molar-refractivity contribution < 1.29 is 8.42 Å². The second-order valence-corrected chi connectivity index (χ2v) is 8.60. The summed E-state index contributed by atoms with van der Waals surface area (Å²) in [5.74, 6) is 0.122. The molecule has 1 saturated carbocycles. The molecule has 4 nitrogen and oxygen atoms in total. The van der Waals surface area contributed by atoms with E-state index in [2.05, 4.69) is 20.9 Å². The van der Waals surface area contributed by atoms with Gasteiger partial charge in [0, 0.05) is 36.2 Å². The number of rotatable bonds is 5. The molecule has 0 spiro atoms. The third-order valence-corrected chi connectivity index (χ3v) is 6.83. The number of halogens is 1. The molecule has 0 bridgehead atoms. The van der Waals surface area contributed by atoms with E-state index < -0.39 is 10.0 Å². The maximum Gasteiger partial charge on any atom is 0.214 e. The van der Waals surface area contributed by atoms with Crippen LogP contribution in [0.1, 0.15) is 31.4 Å². The Morgan fingerprint density at radius 1 is 1.35 bits per heavy atom. The Morgan fingerprint density at radius 3 is 2.75 bits per heavy atom. The molecule has 0 saturated heterocycles. The van der Waals surface area contributed by atoms with E-state index in [9.17, 15) is 8.42 Å². The molecule has 1 aromatic rings. The van der Waals surface area contributed by atoms with Crippen LogP contribution in [0.25, 0.3) is 0 Å². The SMILES string of the molecule is CN(C1CCCCC1Br)S(=O)(=O)CCc1ccccn1. The maximum atomic E-state index is 12.4. The van der Waals surface area contributed by atoms with Gasteiger partial charge in [-0.2, -0.15) is 0 Å². The van der Waals surface area contributed by atoms with Crippen LogP contribution in [0.4, 0.5) is 0 Å². The number of nitrogens with zero attached hydrogens (tertiary/aromatic N) is 2. The van der Waals surface area contributed by atoms with Crippen molar-refractivity contribution in [2.24, 2.45) is 0 Å². The average Bonchev–Trinajstić information content (AvgIpc) is 2.46. The zero-order valence-corrected chi connectivity index (χ0v) is 14.1. The Labute approximate surface area is 129 Å². The Morgan fingerprint density at radius 2 is 2.10 bits per heavy atom. The van der Waals surface area contributed by atoms with Gasteiger partial charge >= 0.3 is 0 Å². The number of aromatic nitrogens is 1. The second-order valence-electron chi connectivity index (χ2n) is 5.27. The summed E-state index contributed by atoms with van der Waals surface area (Å²) in [6, 6.07) is 5.66. The molecule has 0 radical (unpaired) electrons. The van der Waals surface area contributed by atoms with Gasteiger partial charge in [-0.15, -0.1) is 0 Å². The molecule has 1 heterocycles. The summed E-state index contributed by atoms with van der Waals surface area (Å²) in [7, 11) is -1.52. The molecule has 1 aliphatic carbocycles. The smallest absolute Gasteiger partial charge is 0.214 e. The molecule has 20 heavy (non-hydrogen) atoms. The number of alkyl halides is 1.